The molecule has 5 heteroatoms. The van der Waals surface area contributed by atoms with Crippen LogP contribution >= 0.6 is 0 Å². The molecule has 1 aromatic heterocycles. The van der Waals surface area contributed by atoms with Gasteiger partial charge in [0.05, 0.1) is 0 Å². The van der Waals surface area contributed by atoms with Crippen LogP contribution in [-0.4, -0.2) is 32.6 Å². The third-order valence-electron chi connectivity index (χ3n) is 1.91. The average Bonchev–Trinajstić information content (AvgIpc) is 2.61. The zero-order valence-corrected chi connectivity index (χ0v) is 7.89. The number of aryl methyl sites for hydroxylation is 1. The summed E-state index contributed by atoms with van der Waals surface area (Å²) in [5.41, 5.74) is 0.0761. The van der Waals surface area contributed by atoms with Crippen molar-refractivity contribution in [2.75, 3.05) is 6.61 Å². The van der Waals surface area contributed by atoms with E-state index in [0.29, 0.717) is 6.54 Å². The van der Waals surface area contributed by atoms with Gasteiger partial charge in [-0.1, -0.05) is 0 Å². The molecule has 0 atom stereocenters. The Bertz CT molecular complexity index is 296. The molecule has 78 valence electrons. The molecule has 0 spiro atoms. The lowest BCUT2D eigenvalue weighted by atomic mass is 10.2. The maximum Gasteiger partial charge on any atom is 0.356 e. The minimum atomic E-state index is -1.00. The molecule has 0 aliphatic heterocycles. The fraction of sp³-hybridized carbons (Fsp3) is 0.556. The first-order chi connectivity index (χ1) is 6.74. The number of aromatic carboxylic acids is 1. The van der Waals surface area contributed by atoms with E-state index in [1.807, 2.05) is 0 Å². The predicted octanol–water partition coefficient (Wildman–Crippen LogP) is 0.744. The molecular formula is C9H14N2O3. The molecule has 0 bridgehead atoms. The molecule has 14 heavy (non-hydrogen) atoms. The monoisotopic (exact) mass is 198 g/mol. The number of carbonyl (C=O) groups is 1. The molecule has 0 amide bonds. The first kappa shape index (κ1) is 10.7. The highest BCUT2D eigenvalue weighted by molar-refractivity contribution is 5.84. The lowest BCUT2D eigenvalue weighted by Gasteiger charge is -1.99. The first-order valence-corrected chi connectivity index (χ1v) is 4.61. The normalized spacial score (nSPS) is 10.4. The van der Waals surface area contributed by atoms with E-state index in [4.69, 9.17) is 10.2 Å². The topological polar surface area (TPSA) is 75.3 Å². The molecule has 1 rings (SSSR count). The molecule has 0 saturated carbocycles. The average molecular weight is 198 g/mol. The highest BCUT2D eigenvalue weighted by Crippen LogP contribution is 2.00. The SMILES string of the molecule is O=C(O)c1ccn(CCCCCO)n1. The summed E-state index contributed by atoms with van der Waals surface area (Å²) in [5.74, 6) is -1.00. The van der Waals surface area contributed by atoms with Gasteiger partial charge in [-0.05, 0) is 25.3 Å². The van der Waals surface area contributed by atoms with Crippen molar-refractivity contribution in [3.8, 4) is 0 Å². The summed E-state index contributed by atoms with van der Waals surface area (Å²) in [6, 6.07) is 1.48. The van der Waals surface area contributed by atoms with Crippen molar-refractivity contribution >= 4 is 5.97 Å². The molecule has 0 unspecified atom stereocenters. The molecule has 0 aliphatic rings. The van der Waals surface area contributed by atoms with Crippen molar-refractivity contribution in [1.82, 2.24) is 9.78 Å². The Kier molecular flexibility index (Phi) is 4.12. The Morgan fingerprint density at radius 2 is 2.21 bits per heavy atom. The number of hydrogen-bond acceptors (Lipinski definition) is 3. The molecule has 0 radical (unpaired) electrons. The molecule has 5 nitrogen and oxygen atoms in total. The summed E-state index contributed by atoms with van der Waals surface area (Å²) in [6.07, 6.45) is 4.27. The Balaban J connectivity index is 2.33. The number of unbranched alkanes of at least 4 members (excludes halogenated alkanes) is 2. The molecule has 0 aromatic carbocycles. The van der Waals surface area contributed by atoms with Gasteiger partial charge >= 0.3 is 5.97 Å². The van der Waals surface area contributed by atoms with E-state index >= 15 is 0 Å². The highest BCUT2D eigenvalue weighted by atomic mass is 16.4. The number of hydrogen-bond donors (Lipinski definition) is 2. The molecule has 2 N–H and O–H groups in total. The van der Waals surface area contributed by atoms with Crippen molar-refractivity contribution in [2.24, 2.45) is 0 Å². The van der Waals surface area contributed by atoms with Crippen LogP contribution in [0.1, 0.15) is 29.8 Å². The third kappa shape index (κ3) is 3.18. The van der Waals surface area contributed by atoms with E-state index in [1.54, 1.807) is 10.9 Å². The minimum Gasteiger partial charge on any atom is -0.476 e. The Labute approximate surface area is 82.0 Å². The number of aromatic nitrogens is 2. The zero-order valence-electron chi connectivity index (χ0n) is 7.89. The number of aliphatic hydroxyl groups is 1. The molecule has 1 aromatic rings. The van der Waals surface area contributed by atoms with Crippen LogP contribution < -0.4 is 0 Å². The zero-order chi connectivity index (χ0) is 10.4. The quantitative estimate of drug-likeness (QED) is 0.661. The number of nitrogens with zero attached hydrogens (tertiary/aromatic N) is 2. The van der Waals surface area contributed by atoms with E-state index in [1.165, 1.54) is 6.07 Å². The second-order valence-corrected chi connectivity index (χ2v) is 3.05. The summed E-state index contributed by atoms with van der Waals surface area (Å²) in [4.78, 5) is 10.5. The number of rotatable bonds is 6. The lowest BCUT2D eigenvalue weighted by molar-refractivity contribution is 0.0689. The van der Waals surface area contributed by atoms with E-state index < -0.39 is 5.97 Å². The summed E-state index contributed by atoms with van der Waals surface area (Å²) in [7, 11) is 0. The maximum absolute atomic E-state index is 10.5. The van der Waals surface area contributed by atoms with E-state index in [2.05, 4.69) is 5.10 Å². The van der Waals surface area contributed by atoms with E-state index in [-0.39, 0.29) is 12.3 Å². The van der Waals surface area contributed by atoms with Gasteiger partial charge in [-0.15, -0.1) is 0 Å². The lowest BCUT2D eigenvalue weighted by Crippen LogP contribution is -2.03. The van der Waals surface area contributed by atoms with Crippen LogP contribution in [0.15, 0.2) is 12.3 Å². The highest BCUT2D eigenvalue weighted by Gasteiger charge is 2.05. The summed E-state index contributed by atoms with van der Waals surface area (Å²) >= 11 is 0. The van der Waals surface area contributed by atoms with Crippen LogP contribution in [0.3, 0.4) is 0 Å². The number of carboxylic acid groups (broad SMARTS) is 1. The largest absolute Gasteiger partial charge is 0.476 e. The van der Waals surface area contributed by atoms with Crippen LogP contribution in [0.2, 0.25) is 0 Å². The Hall–Kier alpha value is -1.36. The Morgan fingerprint density at radius 1 is 1.43 bits per heavy atom. The number of carboxylic acids is 1. The van der Waals surface area contributed by atoms with Crippen LogP contribution in [0.25, 0.3) is 0 Å². The maximum atomic E-state index is 10.5. The van der Waals surface area contributed by atoms with Gasteiger partial charge in [0.1, 0.15) is 0 Å². The van der Waals surface area contributed by atoms with Gasteiger partial charge < -0.3 is 10.2 Å². The predicted molar refractivity (Wildman–Crippen MR) is 50.1 cm³/mol. The van der Waals surface area contributed by atoms with Gasteiger partial charge in [-0.3, -0.25) is 4.68 Å². The van der Waals surface area contributed by atoms with E-state index in [9.17, 15) is 4.79 Å². The molecular weight excluding hydrogens is 184 g/mol. The van der Waals surface area contributed by atoms with Gasteiger partial charge in [0.15, 0.2) is 5.69 Å². The van der Waals surface area contributed by atoms with Crippen LogP contribution in [-0.2, 0) is 6.54 Å². The minimum absolute atomic E-state index is 0.0761. The van der Waals surface area contributed by atoms with E-state index in [0.717, 1.165) is 19.3 Å². The molecule has 0 aliphatic carbocycles. The van der Waals surface area contributed by atoms with Gasteiger partial charge in [-0.2, -0.15) is 5.10 Å². The van der Waals surface area contributed by atoms with Crippen molar-refractivity contribution in [1.29, 1.82) is 0 Å². The smallest absolute Gasteiger partial charge is 0.356 e. The van der Waals surface area contributed by atoms with Crippen LogP contribution in [0.4, 0.5) is 0 Å². The third-order valence-corrected chi connectivity index (χ3v) is 1.91. The summed E-state index contributed by atoms with van der Waals surface area (Å²) in [6.45, 7) is 0.909. The van der Waals surface area contributed by atoms with Gasteiger partial charge in [0.25, 0.3) is 0 Å². The fourth-order valence-corrected chi connectivity index (χ4v) is 1.16. The standard InChI is InChI=1S/C9H14N2O3/c12-7-3-1-2-5-11-6-4-8(10-11)9(13)14/h4,6,12H,1-3,5,7H2,(H,13,14). The van der Waals surface area contributed by atoms with Crippen LogP contribution in [0.5, 0.6) is 0 Å². The second-order valence-electron chi connectivity index (χ2n) is 3.05. The Morgan fingerprint density at radius 3 is 2.79 bits per heavy atom. The summed E-state index contributed by atoms with van der Waals surface area (Å²) < 4.78 is 1.61. The molecule has 1 heterocycles. The van der Waals surface area contributed by atoms with Crippen molar-refractivity contribution in [3.63, 3.8) is 0 Å². The van der Waals surface area contributed by atoms with Gasteiger partial charge in [0, 0.05) is 19.3 Å². The van der Waals surface area contributed by atoms with Crippen molar-refractivity contribution in [2.45, 2.75) is 25.8 Å². The molecule has 0 saturated heterocycles. The molecule has 0 fully saturated rings. The van der Waals surface area contributed by atoms with Crippen molar-refractivity contribution < 1.29 is 15.0 Å². The van der Waals surface area contributed by atoms with Crippen LogP contribution in [0, 0.1) is 0 Å². The first-order valence-electron chi connectivity index (χ1n) is 4.61. The fourth-order valence-electron chi connectivity index (χ4n) is 1.16. The number of aliphatic hydroxyl groups excluding tert-OH is 1. The summed E-state index contributed by atoms with van der Waals surface area (Å²) in [5, 5.41) is 21.0. The van der Waals surface area contributed by atoms with Crippen molar-refractivity contribution in [3.05, 3.63) is 18.0 Å². The van der Waals surface area contributed by atoms with Gasteiger partial charge in [-0.25, -0.2) is 4.79 Å². The van der Waals surface area contributed by atoms with Gasteiger partial charge in [0.2, 0.25) is 0 Å². The second kappa shape index (κ2) is 5.39.